The number of hydrogen-bond acceptors (Lipinski definition) is 3. The average Bonchev–Trinajstić information content (AvgIpc) is 2.45. The number of hydrogen-bond donors (Lipinski definition) is 3. The number of rotatable bonds is 7. The Morgan fingerprint density at radius 1 is 1.24 bits per heavy atom. The third-order valence-electron chi connectivity index (χ3n) is 2.46. The lowest BCUT2D eigenvalue weighted by Crippen LogP contribution is -2.43. The summed E-state index contributed by atoms with van der Waals surface area (Å²) in [5, 5.41) is 13.6. The minimum atomic E-state index is -1.13. The summed E-state index contributed by atoms with van der Waals surface area (Å²) in [6.45, 7) is 2.83. The van der Waals surface area contributed by atoms with E-state index in [1.165, 1.54) is 6.08 Å². The number of carbonyl (C=O) groups is 3. The summed E-state index contributed by atoms with van der Waals surface area (Å²) in [6, 6.07) is 8.21. The monoisotopic (exact) mass is 291 g/mol. The Morgan fingerprint density at radius 2 is 1.90 bits per heavy atom. The summed E-state index contributed by atoms with van der Waals surface area (Å²) in [5.41, 5.74) is 0.593. The number of amides is 3. The number of benzene rings is 1. The Balaban J connectivity index is 2.44. The fraction of sp³-hybridized carbons (Fsp3) is 0.214. The molecule has 0 aliphatic heterocycles. The van der Waals surface area contributed by atoms with Gasteiger partial charge in [0, 0.05) is 12.2 Å². The number of carbonyl (C=O) groups excluding carboxylic acids is 2. The summed E-state index contributed by atoms with van der Waals surface area (Å²) in [4.78, 5) is 35.1. The minimum Gasteiger partial charge on any atom is -0.480 e. The largest absolute Gasteiger partial charge is 0.480 e. The SMILES string of the molecule is C=CCN(CC(=O)O)C(=O)CNC(=O)Nc1ccccc1. The third-order valence-corrected chi connectivity index (χ3v) is 2.46. The lowest BCUT2D eigenvalue weighted by atomic mass is 10.3. The number of nitrogens with one attached hydrogen (secondary N) is 2. The summed E-state index contributed by atoms with van der Waals surface area (Å²) in [5.74, 6) is -1.63. The number of aliphatic carboxylic acids is 1. The highest BCUT2D eigenvalue weighted by molar-refractivity contribution is 5.92. The number of carboxylic acid groups (broad SMARTS) is 1. The third kappa shape index (κ3) is 6.24. The smallest absolute Gasteiger partial charge is 0.323 e. The lowest BCUT2D eigenvalue weighted by Gasteiger charge is -2.19. The van der Waals surface area contributed by atoms with Crippen LogP contribution in [0.2, 0.25) is 0 Å². The first-order valence-corrected chi connectivity index (χ1v) is 6.23. The zero-order valence-corrected chi connectivity index (χ0v) is 11.4. The van der Waals surface area contributed by atoms with E-state index in [0.29, 0.717) is 5.69 Å². The van der Waals surface area contributed by atoms with Gasteiger partial charge in [0.05, 0.1) is 6.54 Å². The van der Waals surface area contributed by atoms with Gasteiger partial charge < -0.3 is 20.6 Å². The van der Waals surface area contributed by atoms with E-state index in [1.807, 2.05) is 6.07 Å². The number of para-hydroxylation sites is 1. The predicted octanol–water partition coefficient (Wildman–Crippen LogP) is 0.907. The maximum absolute atomic E-state index is 11.8. The molecule has 0 aliphatic carbocycles. The number of urea groups is 1. The van der Waals surface area contributed by atoms with Crippen molar-refractivity contribution in [2.75, 3.05) is 25.0 Å². The molecule has 112 valence electrons. The summed E-state index contributed by atoms with van der Waals surface area (Å²) >= 11 is 0. The molecule has 0 aromatic heterocycles. The molecule has 21 heavy (non-hydrogen) atoms. The molecule has 0 saturated heterocycles. The standard InChI is InChI=1S/C14H17N3O4/c1-2-8-17(10-13(19)20)12(18)9-15-14(21)16-11-6-4-3-5-7-11/h2-7H,1,8-10H2,(H,19,20)(H2,15,16,21). The Hall–Kier alpha value is -2.83. The van der Waals surface area contributed by atoms with Crippen LogP contribution in [0.15, 0.2) is 43.0 Å². The van der Waals surface area contributed by atoms with Crippen molar-refractivity contribution in [2.45, 2.75) is 0 Å². The van der Waals surface area contributed by atoms with Crippen molar-refractivity contribution in [3.8, 4) is 0 Å². The number of anilines is 1. The first-order chi connectivity index (χ1) is 10.0. The van der Waals surface area contributed by atoms with Crippen molar-refractivity contribution >= 4 is 23.6 Å². The molecule has 0 radical (unpaired) electrons. The molecule has 7 heteroatoms. The molecular weight excluding hydrogens is 274 g/mol. The van der Waals surface area contributed by atoms with Crippen LogP contribution in [0.4, 0.5) is 10.5 Å². The van der Waals surface area contributed by atoms with Crippen molar-refractivity contribution in [3.63, 3.8) is 0 Å². The molecule has 1 aromatic carbocycles. The van der Waals surface area contributed by atoms with E-state index in [2.05, 4.69) is 17.2 Å². The van der Waals surface area contributed by atoms with Crippen LogP contribution in [0.25, 0.3) is 0 Å². The highest BCUT2D eigenvalue weighted by atomic mass is 16.4. The summed E-state index contributed by atoms with van der Waals surface area (Å²) in [7, 11) is 0. The molecule has 0 atom stereocenters. The van der Waals surface area contributed by atoms with E-state index < -0.39 is 24.5 Å². The second kappa shape index (κ2) is 8.36. The van der Waals surface area contributed by atoms with Crippen LogP contribution < -0.4 is 10.6 Å². The maximum atomic E-state index is 11.8. The van der Waals surface area contributed by atoms with Gasteiger partial charge in [-0.25, -0.2) is 4.79 Å². The second-order valence-corrected chi connectivity index (χ2v) is 4.13. The Kier molecular flexibility index (Phi) is 6.46. The van der Waals surface area contributed by atoms with Crippen LogP contribution in [0.5, 0.6) is 0 Å². The molecule has 1 rings (SSSR count). The first kappa shape index (κ1) is 16.2. The number of nitrogens with zero attached hydrogens (tertiary/aromatic N) is 1. The molecule has 1 aromatic rings. The van der Waals surface area contributed by atoms with Crippen molar-refractivity contribution in [3.05, 3.63) is 43.0 Å². The molecular formula is C14H17N3O4. The quantitative estimate of drug-likeness (QED) is 0.650. The molecule has 0 aliphatic rings. The van der Waals surface area contributed by atoms with Crippen molar-refractivity contribution in [1.82, 2.24) is 10.2 Å². The van der Waals surface area contributed by atoms with E-state index in [1.54, 1.807) is 24.3 Å². The highest BCUT2D eigenvalue weighted by Crippen LogP contribution is 2.03. The van der Waals surface area contributed by atoms with Gasteiger partial charge in [-0.05, 0) is 12.1 Å². The topological polar surface area (TPSA) is 98.7 Å². The van der Waals surface area contributed by atoms with Gasteiger partial charge in [-0.2, -0.15) is 0 Å². The van der Waals surface area contributed by atoms with Gasteiger partial charge in [-0.3, -0.25) is 9.59 Å². The lowest BCUT2D eigenvalue weighted by molar-refractivity contribution is -0.143. The molecule has 0 saturated carbocycles. The van der Waals surface area contributed by atoms with Crippen molar-refractivity contribution in [2.24, 2.45) is 0 Å². The second-order valence-electron chi connectivity index (χ2n) is 4.13. The maximum Gasteiger partial charge on any atom is 0.323 e. The predicted molar refractivity (Wildman–Crippen MR) is 77.9 cm³/mol. The normalized spacial score (nSPS) is 9.52. The van der Waals surface area contributed by atoms with Crippen LogP contribution >= 0.6 is 0 Å². The van der Waals surface area contributed by atoms with Crippen LogP contribution in [0.3, 0.4) is 0 Å². The molecule has 3 amide bonds. The van der Waals surface area contributed by atoms with Crippen LogP contribution in [-0.4, -0.2) is 47.5 Å². The minimum absolute atomic E-state index is 0.104. The van der Waals surface area contributed by atoms with E-state index >= 15 is 0 Å². The molecule has 7 nitrogen and oxygen atoms in total. The van der Waals surface area contributed by atoms with Gasteiger partial charge in [0.25, 0.3) is 0 Å². The first-order valence-electron chi connectivity index (χ1n) is 6.23. The Labute approximate surface area is 122 Å². The van der Waals surface area contributed by atoms with Gasteiger partial charge in [0.2, 0.25) is 5.91 Å². The molecule has 3 N–H and O–H groups in total. The Morgan fingerprint density at radius 3 is 2.48 bits per heavy atom. The zero-order valence-electron chi connectivity index (χ0n) is 11.4. The van der Waals surface area contributed by atoms with Gasteiger partial charge in [0.15, 0.2) is 0 Å². The molecule has 0 fully saturated rings. The molecule has 0 heterocycles. The highest BCUT2D eigenvalue weighted by Gasteiger charge is 2.16. The van der Waals surface area contributed by atoms with Gasteiger partial charge >= 0.3 is 12.0 Å². The van der Waals surface area contributed by atoms with Crippen LogP contribution in [0.1, 0.15) is 0 Å². The van der Waals surface area contributed by atoms with Crippen LogP contribution in [0, 0.1) is 0 Å². The Bertz CT molecular complexity index is 516. The molecule has 0 unspecified atom stereocenters. The van der Waals surface area contributed by atoms with Crippen LogP contribution in [-0.2, 0) is 9.59 Å². The van der Waals surface area contributed by atoms with Crippen molar-refractivity contribution in [1.29, 1.82) is 0 Å². The van der Waals surface area contributed by atoms with E-state index in [4.69, 9.17) is 5.11 Å². The van der Waals surface area contributed by atoms with E-state index in [-0.39, 0.29) is 13.1 Å². The summed E-state index contributed by atoms with van der Waals surface area (Å²) in [6.07, 6.45) is 1.42. The number of carboxylic acids is 1. The fourth-order valence-corrected chi connectivity index (χ4v) is 1.54. The van der Waals surface area contributed by atoms with Crippen molar-refractivity contribution < 1.29 is 19.5 Å². The van der Waals surface area contributed by atoms with E-state index in [9.17, 15) is 14.4 Å². The summed E-state index contributed by atoms with van der Waals surface area (Å²) < 4.78 is 0. The zero-order chi connectivity index (χ0) is 15.7. The fourth-order valence-electron chi connectivity index (χ4n) is 1.54. The van der Waals surface area contributed by atoms with Gasteiger partial charge in [-0.15, -0.1) is 6.58 Å². The van der Waals surface area contributed by atoms with E-state index in [0.717, 1.165) is 4.90 Å². The van der Waals surface area contributed by atoms with Gasteiger partial charge in [0.1, 0.15) is 6.54 Å². The molecule has 0 spiro atoms. The van der Waals surface area contributed by atoms with Gasteiger partial charge in [-0.1, -0.05) is 24.3 Å². The molecule has 0 bridgehead atoms. The average molecular weight is 291 g/mol.